The Bertz CT molecular complexity index is 549. The first kappa shape index (κ1) is 14.3. The van der Waals surface area contributed by atoms with Gasteiger partial charge in [-0.1, -0.05) is 0 Å². The fraction of sp³-hybridized carbons (Fsp3) is 0.533. The molecule has 0 radical (unpaired) electrons. The second kappa shape index (κ2) is 6.89. The van der Waals surface area contributed by atoms with Crippen LogP contribution in [0, 0.1) is 0 Å². The first-order valence-corrected chi connectivity index (χ1v) is 9.23. The molecular weight excluding hydrogens is 286 g/mol. The van der Waals surface area contributed by atoms with Crippen molar-refractivity contribution in [2.24, 2.45) is 0 Å². The standard InChI is InChI=1S/C15H21N3S2/c1-12(16-3-4-18-5-8-19-9-6-18)13-10-15-14(17-11-13)2-7-20-15/h2,7,10-12,16H,3-6,8-9H2,1H3. The van der Waals surface area contributed by atoms with Crippen LogP contribution in [0.15, 0.2) is 23.7 Å². The second-order valence-corrected chi connectivity index (χ2v) is 7.37. The van der Waals surface area contributed by atoms with Crippen LogP contribution in [-0.4, -0.2) is 47.6 Å². The molecule has 2 aromatic heterocycles. The predicted molar refractivity (Wildman–Crippen MR) is 89.8 cm³/mol. The summed E-state index contributed by atoms with van der Waals surface area (Å²) < 4.78 is 1.28. The van der Waals surface area contributed by atoms with Crippen molar-refractivity contribution in [2.75, 3.05) is 37.7 Å². The molecule has 1 atom stereocenters. The molecule has 0 aromatic carbocycles. The first-order valence-electron chi connectivity index (χ1n) is 7.19. The van der Waals surface area contributed by atoms with E-state index in [0.717, 1.165) is 18.6 Å². The Balaban J connectivity index is 1.51. The van der Waals surface area contributed by atoms with Gasteiger partial charge in [-0.05, 0) is 30.0 Å². The Labute approximate surface area is 128 Å². The van der Waals surface area contributed by atoms with E-state index in [2.05, 4.69) is 51.4 Å². The van der Waals surface area contributed by atoms with Gasteiger partial charge in [-0.2, -0.15) is 11.8 Å². The molecular formula is C15H21N3S2. The highest BCUT2D eigenvalue weighted by Gasteiger charge is 2.11. The minimum Gasteiger partial charge on any atom is -0.309 e. The molecule has 0 bridgehead atoms. The molecule has 0 amide bonds. The average Bonchev–Trinajstić information content (AvgIpc) is 2.95. The normalized spacial score (nSPS) is 18.4. The van der Waals surface area contributed by atoms with Gasteiger partial charge in [-0.3, -0.25) is 4.98 Å². The SMILES string of the molecule is CC(NCCN1CCSCC1)c1cnc2ccsc2c1. The van der Waals surface area contributed by atoms with E-state index in [1.165, 1.54) is 34.9 Å². The summed E-state index contributed by atoms with van der Waals surface area (Å²) in [7, 11) is 0. The lowest BCUT2D eigenvalue weighted by Gasteiger charge is -2.26. The average molecular weight is 307 g/mol. The topological polar surface area (TPSA) is 28.2 Å². The van der Waals surface area contributed by atoms with Gasteiger partial charge in [0.25, 0.3) is 0 Å². The van der Waals surface area contributed by atoms with Gasteiger partial charge in [0.05, 0.1) is 10.2 Å². The van der Waals surface area contributed by atoms with Gasteiger partial charge >= 0.3 is 0 Å². The maximum absolute atomic E-state index is 4.52. The quantitative estimate of drug-likeness (QED) is 0.919. The third-order valence-corrected chi connectivity index (χ3v) is 5.60. The smallest absolute Gasteiger partial charge is 0.0809 e. The van der Waals surface area contributed by atoms with Crippen molar-refractivity contribution in [1.29, 1.82) is 0 Å². The van der Waals surface area contributed by atoms with Crippen molar-refractivity contribution < 1.29 is 0 Å². The molecule has 108 valence electrons. The van der Waals surface area contributed by atoms with E-state index in [1.54, 1.807) is 11.3 Å². The van der Waals surface area contributed by atoms with Crippen LogP contribution in [0.4, 0.5) is 0 Å². The molecule has 1 N–H and O–H groups in total. The van der Waals surface area contributed by atoms with Crippen LogP contribution in [0.25, 0.3) is 10.2 Å². The van der Waals surface area contributed by atoms with Crippen molar-refractivity contribution in [3.05, 3.63) is 29.3 Å². The van der Waals surface area contributed by atoms with Gasteiger partial charge in [0, 0.05) is 49.9 Å². The van der Waals surface area contributed by atoms with E-state index >= 15 is 0 Å². The molecule has 3 rings (SSSR count). The highest BCUT2D eigenvalue weighted by Crippen LogP contribution is 2.22. The molecule has 1 saturated heterocycles. The van der Waals surface area contributed by atoms with Crippen LogP contribution in [-0.2, 0) is 0 Å². The first-order chi connectivity index (χ1) is 9.83. The molecule has 0 saturated carbocycles. The van der Waals surface area contributed by atoms with Gasteiger partial charge in [0.15, 0.2) is 0 Å². The number of fused-ring (bicyclic) bond motifs is 1. The third-order valence-electron chi connectivity index (χ3n) is 3.81. The van der Waals surface area contributed by atoms with Crippen molar-refractivity contribution >= 4 is 33.3 Å². The van der Waals surface area contributed by atoms with E-state index in [1.807, 2.05) is 6.20 Å². The molecule has 0 spiro atoms. The summed E-state index contributed by atoms with van der Waals surface area (Å²) in [6.45, 7) is 6.91. The Morgan fingerprint density at radius 1 is 1.40 bits per heavy atom. The summed E-state index contributed by atoms with van der Waals surface area (Å²) in [5.41, 5.74) is 2.39. The zero-order valence-electron chi connectivity index (χ0n) is 11.8. The summed E-state index contributed by atoms with van der Waals surface area (Å²) in [5, 5.41) is 5.72. The maximum atomic E-state index is 4.52. The number of aromatic nitrogens is 1. The van der Waals surface area contributed by atoms with Crippen LogP contribution in [0.5, 0.6) is 0 Å². The Morgan fingerprint density at radius 2 is 2.25 bits per heavy atom. The number of thiophene rings is 1. The Hall–Kier alpha value is -0.620. The number of nitrogens with zero attached hydrogens (tertiary/aromatic N) is 2. The van der Waals surface area contributed by atoms with Gasteiger partial charge in [0.1, 0.15) is 0 Å². The highest BCUT2D eigenvalue weighted by atomic mass is 32.2. The molecule has 1 aliphatic heterocycles. The molecule has 0 aliphatic carbocycles. The van der Waals surface area contributed by atoms with Gasteiger partial charge < -0.3 is 10.2 Å². The second-order valence-electron chi connectivity index (χ2n) is 5.20. The molecule has 1 fully saturated rings. The number of nitrogens with one attached hydrogen (secondary N) is 1. The van der Waals surface area contributed by atoms with Crippen molar-refractivity contribution in [3.63, 3.8) is 0 Å². The molecule has 1 aliphatic rings. The number of rotatable bonds is 5. The van der Waals surface area contributed by atoms with E-state index in [4.69, 9.17) is 0 Å². The van der Waals surface area contributed by atoms with Crippen molar-refractivity contribution in [2.45, 2.75) is 13.0 Å². The zero-order valence-corrected chi connectivity index (χ0v) is 13.5. The molecule has 1 unspecified atom stereocenters. The lowest BCUT2D eigenvalue weighted by Crippen LogP contribution is -2.38. The minimum atomic E-state index is 0.369. The van der Waals surface area contributed by atoms with Crippen LogP contribution in [0.1, 0.15) is 18.5 Å². The van der Waals surface area contributed by atoms with Gasteiger partial charge in [-0.15, -0.1) is 11.3 Å². The summed E-state index contributed by atoms with van der Waals surface area (Å²) in [6, 6.07) is 4.71. The van der Waals surface area contributed by atoms with Crippen LogP contribution in [0.3, 0.4) is 0 Å². The zero-order chi connectivity index (χ0) is 13.8. The Morgan fingerprint density at radius 3 is 3.10 bits per heavy atom. The summed E-state index contributed by atoms with van der Waals surface area (Å²) in [6.07, 6.45) is 2.00. The molecule has 5 heteroatoms. The number of hydrogen-bond donors (Lipinski definition) is 1. The minimum absolute atomic E-state index is 0.369. The third kappa shape index (κ3) is 3.52. The lowest BCUT2D eigenvalue weighted by atomic mass is 10.1. The molecule has 3 nitrogen and oxygen atoms in total. The van der Waals surface area contributed by atoms with Crippen LogP contribution < -0.4 is 5.32 Å². The number of thioether (sulfide) groups is 1. The highest BCUT2D eigenvalue weighted by molar-refractivity contribution is 7.99. The van der Waals surface area contributed by atoms with Crippen LogP contribution in [0.2, 0.25) is 0 Å². The summed E-state index contributed by atoms with van der Waals surface area (Å²) in [4.78, 5) is 7.07. The fourth-order valence-corrected chi connectivity index (χ4v) is 4.25. The Kier molecular flexibility index (Phi) is 4.94. The molecule has 3 heterocycles. The van der Waals surface area contributed by atoms with Crippen molar-refractivity contribution in [1.82, 2.24) is 15.2 Å². The largest absolute Gasteiger partial charge is 0.309 e. The monoisotopic (exact) mass is 307 g/mol. The molecule has 20 heavy (non-hydrogen) atoms. The lowest BCUT2D eigenvalue weighted by molar-refractivity contribution is 0.297. The van der Waals surface area contributed by atoms with Crippen LogP contribution >= 0.6 is 23.1 Å². The predicted octanol–water partition coefficient (Wildman–Crippen LogP) is 3.00. The van der Waals surface area contributed by atoms with E-state index in [9.17, 15) is 0 Å². The molecule has 2 aromatic rings. The summed E-state index contributed by atoms with van der Waals surface area (Å²) >= 11 is 3.83. The summed E-state index contributed by atoms with van der Waals surface area (Å²) in [5.74, 6) is 2.57. The fourth-order valence-electron chi connectivity index (χ4n) is 2.48. The number of hydrogen-bond acceptors (Lipinski definition) is 5. The van der Waals surface area contributed by atoms with Gasteiger partial charge in [-0.25, -0.2) is 0 Å². The van der Waals surface area contributed by atoms with Crippen molar-refractivity contribution in [3.8, 4) is 0 Å². The van der Waals surface area contributed by atoms with E-state index in [-0.39, 0.29) is 0 Å². The van der Waals surface area contributed by atoms with E-state index < -0.39 is 0 Å². The van der Waals surface area contributed by atoms with Gasteiger partial charge in [0.2, 0.25) is 0 Å². The number of pyridine rings is 1. The maximum Gasteiger partial charge on any atom is 0.0809 e. The van der Waals surface area contributed by atoms with E-state index in [0.29, 0.717) is 6.04 Å².